The summed E-state index contributed by atoms with van der Waals surface area (Å²) in [6.45, 7) is 5.77. The number of carbonyl (C=O) groups excluding carboxylic acids is 1. The number of hydrogen-bond donors (Lipinski definition) is 1. The van der Waals surface area contributed by atoms with Gasteiger partial charge < -0.3 is 14.6 Å². The quantitative estimate of drug-likeness (QED) is 0.726. The second kappa shape index (κ2) is 7.73. The van der Waals surface area contributed by atoms with Gasteiger partial charge in [0.15, 0.2) is 5.69 Å². The molecule has 0 bridgehead atoms. The van der Waals surface area contributed by atoms with Gasteiger partial charge in [-0.15, -0.1) is 10.2 Å². The minimum Gasteiger partial charge on any atom is -0.472 e. The minimum atomic E-state index is -0.272. The fraction of sp³-hybridized carbons (Fsp3) is 0.278. The van der Waals surface area contributed by atoms with E-state index in [1.165, 1.54) is 0 Å². The van der Waals surface area contributed by atoms with Crippen LogP contribution in [0, 0.1) is 6.92 Å². The molecule has 3 heterocycles. The van der Waals surface area contributed by atoms with Crippen molar-refractivity contribution in [2.24, 2.45) is 0 Å². The molecule has 0 saturated heterocycles. The van der Waals surface area contributed by atoms with Gasteiger partial charge in [0.2, 0.25) is 5.88 Å². The van der Waals surface area contributed by atoms with E-state index < -0.39 is 0 Å². The summed E-state index contributed by atoms with van der Waals surface area (Å²) in [6.07, 6.45) is 1.69. The zero-order valence-corrected chi connectivity index (χ0v) is 14.8. The van der Waals surface area contributed by atoms with Crippen molar-refractivity contribution < 1.29 is 14.1 Å². The predicted molar refractivity (Wildman–Crippen MR) is 93.4 cm³/mol. The number of aromatic nitrogens is 4. The molecule has 0 aliphatic carbocycles. The molecule has 8 nitrogen and oxygen atoms in total. The first-order valence-electron chi connectivity index (χ1n) is 8.18. The summed E-state index contributed by atoms with van der Waals surface area (Å²) < 4.78 is 10.9. The van der Waals surface area contributed by atoms with E-state index in [2.05, 4.69) is 25.7 Å². The van der Waals surface area contributed by atoms with Gasteiger partial charge in [0.05, 0.1) is 11.3 Å². The smallest absolute Gasteiger partial charge is 0.272 e. The summed E-state index contributed by atoms with van der Waals surface area (Å²) in [6, 6.07) is 8.76. The third kappa shape index (κ3) is 4.02. The molecule has 0 atom stereocenters. The number of rotatable bonds is 6. The Hall–Kier alpha value is -3.29. The lowest BCUT2D eigenvalue weighted by Gasteiger charge is -2.08. The Bertz CT molecular complexity index is 876. The van der Waals surface area contributed by atoms with Gasteiger partial charge in [-0.1, -0.05) is 11.2 Å². The summed E-state index contributed by atoms with van der Waals surface area (Å²) in [5.74, 6) is 0.677. The van der Waals surface area contributed by atoms with Crippen LogP contribution in [0.4, 0.5) is 0 Å². The lowest BCUT2D eigenvalue weighted by atomic mass is 10.1. The summed E-state index contributed by atoms with van der Waals surface area (Å²) in [5.41, 5.74) is 2.35. The van der Waals surface area contributed by atoms with Crippen molar-refractivity contribution in [3.63, 3.8) is 0 Å². The van der Waals surface area contributed by atoms with Crippen LogP contribution in [0.1, 0.15) is 35.7 Å². The van der Waals surface area contributed by atoms with E-state index in [-0.39, 0.29) is 24.2 Å². The molecule has 8 heteroatoms. The number of carbonyl (C=O) groups is 1. The molecule has 134 valence electrons. The first-order valence-corrected chi connectivity index (χ1v) is 8.18. The van der Waals surface area contributed by atoms with Gasteiger partial charge in [0.25, 0.3) is 5.91 Å². The zero-order valence-electron chi connectivity index (χ0n) is 14.8. The normalized spacial score (nSPS) is 10.8. The average molecular weight is 353 g/mol. The zero-order chi connectivity index (χ0) is 18.5. The van der Waals surface area contributed by atoms with Crippen LogP contribution in [-0.4, -0.2) is 32.3 Å². The van der Waals surface area contributed by atoms with Gasteiger partial charge in [-0.2, -0.15) is 0 Å². The van der Waals surface area contributed by atoms with Crippen LogP contribution in [0.15, 0.2) is 41.1 Å². The minimum absolute atomic E-state index is 0.0295. The van der Waals surface area contributed by atoms with Crippen LogP contribution < -0.4 is 10.1 Å². The number of aryl methyl sites for hydroxylation is 1. The highest BCUT2D eigenvalue weighted by atomic mass is 16.5. The van der Waals surface area contributed by atoms with E-state index in [1.807, 2.05) is 39.0 Å². The lowest BCUT2D eigenvalue weighted by Crippen LogP contribution is -2.30. The van der Waals surface area contributed by atoms with E-state index in [0.717, 1.165) is 5.56 Å². The number of nitrogens with zero attached hydrogens (tertiary/aromatic N) is 4. The van der Waals surface area contributed by atoms with Crippen molar-refractivity contribution in [2.45, 2.75) is 33.4 Å². The van der Waals surface area contributed by atoms with Crippen molar-refractivity contribution in [1.29, 1.82) is 0 Å². The summed E-state index contributed by atoms with van der Waals surface area (Å²) in [5, 5.41) is 14.6. The lowest BCUT2D eigenvalue weighted by molar-refractivity contribution is 0.0936. The van der Waals surface area contributed by atoms with Gasteiger partial charge in [-0.3, -0.25) is 9.78 Å². The molecule has 1 amide bonds. The average Bonchev–Trinajstić information content (AvgIpc) is 3.01. The second-order valence-electron chi connectivity index (χ2n) is 5.95. The largest absolute Gasteiger partial charge is 0.472 e. The van der Waals surface area contributed by atoms with Crippen LogP contribution >= 0.6 is 0 Å². The van der Waals surface area contributed by atoms with Crippen molar-refractivity contribution in [1.82, 2.24) is 25.7 Å². The Morgan fingerprint density at radius 3 is 2.73 bits per heavy atom. The molecule has 3 aromatic heterocycles. The molecule has 0 saturated carbocycles. The molecule has 26 heavy (non-hydrogen) atoms. The number of ether oxygens (including phenoxy) is 1. The van der Waals surface area contributed by atoms with Crippen LogP contribution in [0.3, 0.4) is 0 Å². The van der Waals surface area contributed by atoms with E-state index in [4.69, 9.17) is 9.26 Å². The molecule has 3 rings (SSSR count). The maximum atomic E-state index is 11.9. The first kappa shape index (κ1) is 17.5. The third-order valence-corrected chi connectivity index (χ3v) is 3.55. The van der Waals surface area contributed by atoms with Crippen LogP contribution in [0.2, 0.25) is 0 Å². The Balaban J connectivity index is 1.70. The fourth-order valence-corrected chi connectivity index (χ4v) is 2.27. The Morgan fingerprint density at radius 1 is 1.23 bits per heavy atom. The van der Waals surface area contributed by atoms with Crippen molar-refractivity contribution in [3.8, 4) is 17.3 Å². The van der Waals surface area contributed by atoms with Gasteiger partial charge in [-0.25, -0.2) is 0 Å². The molecule has 0 spiro atoms. The molecule has 0 fully saturated rings. The highest BCUT2D eigenvalue weighted by Gasteiger charge is 2.17. The van der Waals surface area contributed by atoms with Gasteiger partial charge in [0.1, 0.15) is 18.1 Å². The van der Waals surface area contributed by atoms with Gasteiger partial charge in [-0.05, 0) is 39.0 Å². The van der Waals surface area contributed by atoms with Crippen molar-refractivity contribution >= 4 is 5.91 Å². The summed E-state index contributed by atoms with van der Waals surface area (Å²) in [7, 11) is 0. The summed E-state index contributed by atoms with van der Waals surface area (Å²) >= 11 is 0. The molecule has 3 aromatic rings. The van der Waals surface area contributed by atoms with Crippen LogP contribution in [-0.2, 0) is 6.61 Å². The maximum Gasteiger partial charge on any atom is 0.272 e. The summed E-state index contributed by atoms with van der Waals surface area (Å²) in [4.78, 5) is 16.2. The second-order valence-corrected chi connectivity index (χ2v) is 5.95. The van der Waals surface area contributed by atoms with Crippen LogP contribution in [0.25, 0.3) is 11.4 Å². The number of hydrogen-bond acceptors (Lipinski definition) is 7. The first-order chi connectivity index (χ1) is 12.5. The van der Waals surface area contributed by atoms with Crippen molar-refractivity contribution in [3.05, 3.63) is 53.5 Å². The maximum absolute atomic E-state index is 11.9. The fourth-order valence-electron chi connectivity index (χ4n) is 2.27. The highest BCUT2D eigenvalue weighted by molar-refractivity contribution is 5.92. The number of pyridine rings is 1. The molecule has 0 radical (unpaired) electrons. The molecule has 0 aromatic carbocycles. The molecular weight excluding hydrogens is 334 g/mol. The topological polar surface area (TPSA) is 103 Å². The molecule has 0 aliphatic rings. The third-order valence-electron chi connectivity index (χ3n) is 3.55. The number of nitrogens with one attached hydrogen (secondary N) is 1. The van der Waals surface area contributed by atoms with Crippen molar-refractivity contribution in [2.75, 3.05) is 0 Å². The Kier molecular flexibility index (Phi) is 5.21. The Labute approximate surface area is 150 Å². The van der Waals surface area contributed by atoms with Gasteiger partial charge >= 0.3 is 0 Å². The van der Waals surface area contributed by atoms with Gasteiger partial charge in [0, 0.05) is 18.3 Å². The monoisotopic (exact) mass is 353 g/mol. The van der Waals surface area contributed by atoms with E-state index in [9.17, 15) is 4.79 Å². The Morgan fingerprint density at radius 2 is 2.08 bits per heavy atom. The number of amides is 1. The molecule has 0 aliphatic heterocycles. The molecular formula is C18H19N5O3. The predicted octanol–water partition coefficient (Wildman–Crippen LogP) is 2.55. The standard InChI is InChI=1S/C18H19N5O3/c1-11(2)20-18(24)15-7-8-16(22-21-15)25-10-13-12(3)26-23-17(13)14-6-4-5-9-19-14/h4-9,11H,10H2,1-3H3,(H,20,24). The van der Waals surface area contributed by atoms with E-state index in [0.29, 0.717) is 23.0 Å². The van der Waals surface area contributed by atoms with E-state index >= 15 is 0 Å². The molecule has 1 N–H and O–H groups in total. The van der Waals surface area contributed by atoms with Crippen LogP contribution in [0.5, 0.6) is 5.88 Å². The SMILES string of the molecule is Cc1onc(-c2ccccn2)c1COc1ccc(C(=O)NC(C)C)nn1. The highest BCUT2D eigenvalue weighted by Crippen LogP contribution is 2.24. The van der Waals surface area contributed by atoms with E-state index in [1.54, 1.807) is 18.3 Å². The molecule has 0 unspecified atom stereocenters.